The van der Waals surface area contributed by atoms with E-state index in [1.165, 1.54) is 5.69 Å². The molecule has 7 nitrogen and oxygen atoms in total. The zero-order chi connectivity index (χ0) is 20.1. The first-order valence-electron chi connectivity index (χ1n) is 10.2. The smallest absolute Gasteiger partial charge is 0.237 e. The van der Waals surface area contributed by atoms with E-state index in [2.05, 4.69) is 32.2 Å². The molecule has 2 aliphatic rings. The van der Waals surface area contributed by atoms with Crippen LogP contribution in [0.25, 0.3) is 0 Å². The molecule has 1 atom stereocenters. The predicted molar refractivity (Wildman–Crippen MR) is 111 cm³/mol. The van der Waals surface area contributed by atoms with Crippen molar-refractivity contribution in [3.05, 3.63) is 60.4 Å². The lowest BCUT2D eigenvalue weighted by molar-refractivity contribution is -0.139. The molecule has 0 bridgehead atoms. The molecule has 2 aliphatic heterocycles. The van der Waals surface area contributed by atoms with Gasteiger partial charge in [0.2, 0.25) is 11.8 Å². The maximum Gasteiger partial charge on any atom is 0.237 e. The highest BCUT2D eigenvalue weighted by molar-refractivity contribution is 5.89. The van der Waals surface area contributed by atoms with Crippen molar-refractivity contribution >= 4 is 17.5 Å². The fourth-order valence-electron chi connectivity index (χ4n) is 4.02. The molecule has 29 heavy (non-hydrogen) atoms. The van der Waals surface area contributed by atoms with Gasteiger partial charge in [-0.25, -0.2) is 0 Å². The largest absolute Gasteiger partial charge is 0.368 e. The van der Waals surface area contributed by atoms with Crippen LogP contribution >= 0.6 is 0 Å². The van der Waals surface area contributed by atoms with Crippen LogP contribution in [-0.2, 0) is 16.1 Å². The summed E-state index contributed by atoms with van der Waals surface area (Å²) < 4.78 is 0. The van der Waals surface area contributed by atoms with E-state index >= 15 is 0 Å². The van der Waals surface area contributed by atoms with Crippen LogP contribution in [0.5, 0.6) is 0 Å². The van der Waals surface area contributed by atoms with Gasteiger partial charge in [0.15, 0.2) is 0 Å². The van der Waals surface area contributed by atoms with Crippen molar-refractivity contribution in [2.75, 3.05) is 44.2 Å². The number of nitrogens with one attached hydrogen (secondary N) is 1. The Kier molecular flexibility index (Phi) is 6.05. The van der Waals surface area contributed by atoms with Crippen LogP contribution in [0.2, 0.25) is 0 Å². The Morgan fingerprint density at radius 2 is 1.76 bits per heavy atom. The summed E-state index contributed by atoms with van der Waals surface area (Å²) in [6.07, 6.45) is 1.97. The highest BCUT2D eigenvalue weighted by Gasteiger charge is 2.33. The lowest BCUT2D eigenvalue weighted by Crippen LogP contribution is -2.57. The van der Waals surface area contributed by atoms with Crippen molar-refractivity contribution in [1.29, 1.82) is 0 Å². The van der Waals surface area contributed by atoms with Crippen LogP contribution in [0.1, 0.15) is 12.1 Å². The van der Waals surface area contributed by atoms with Gasteiger partial charge in [0.1, 0.15) is 0 Å². The van der Waals surface area contributed by atoms with Gasteiger partial charge in [-0.3, -0.25) is 19.5 Å². The molecule has 2 fully saturated rings. The van der Waals surface area contributed by atoms with Crippen LogP contribution in [-0.4, -0.2) is 71.9 Å². The van der Waals surface area contributed by atoms with E-state index in [1.54, 1.807) is 6.20 Å². The molecule has 152 valence electrons. The number of hydrogen-bond acceptors (Lipinski definition) is 5. The topological polar surface area (TPSA) is 68.8 Å². The zero-order valence-corrected chi connectivity index (χ0v) is 16.5. The first-order valence-corrected chi connectivity index (χ1v) is 10.2. The molecule has 0 radical (unpaired) electrons. The Morgan fingerprint density at radius 3 is 2.48 bits per heavy atom. The number of rotatable bonds is 5. The monoisotopic (exact) mass is 393 g/mol. The number of pyridine rings is 1. The Bertz CT molecular complexity index is 822. The zero-order valence-electron chi connectivity index (χ0n) is 16.5. The molecule has 1 aromatic heterocycles. The van der Waals surface area contributed by atoms with Crippen LogP contribution in [0.15, 0.2) is 54.7 Å². The van der Waals surface area contributed by atoms with E-state index in [-0.39, 0.29) is 18.2 Å². The van der Waals surface area contributed by atoms with Crippen molar-refractivity contribution in [3.8, 4) is 0 Å². The van der Waals surface area contributed by atoms with E-state index < -0.39 is 6.04 Å². The highest BCUT2D eigenvalue weighted by atomic mass is 16.2. The number of amides is 2. The van der Waals surface area contributed by atoms with Crippen LogP contribution in [0.4, 0.5) is 5.69 Å². The summed E-state index contributed by atoms with van der Waals surface area (Å²) in [5.41, 5.74) is 2.10. The number of nitrogens with zero attached hydrogens (tertiary/aromatic N) is 4. The van der Waals surface area contributed by atoms with Crippen LogP contribution in [0, 0.1) is 0 Å². The van der Waals surface area contributed by atoms with Gasteiger partial charge in [0, 0.05) is 57.7 Å². The van der Waals surface area contributed by atoms with Crippen molar-refractivity contribution in [3.63, 3.8) is 0 Å². The van der Waals surface area contributed by atoms with Gasteiger partial charge in [-0.05, 0) is 24.3 Å². The maximum absolute atomic E-state index is 12.9. The van der Waals surface area contributed by atoms with E-state index in [0.717, 1.165) is 25.3 Å². The summed E-state index contributed by atoms with van der Waals surface area (Å²) >= 11 is 0. The molecule has 7 heteroatoms. The summed E-state index contributed by atoms with van der Waals surface area (Å²) in [6.45, 7) is 4.89. The molecule has 1 aromatic carbocycles. The molecule has 1 unspecified atom stereocenters. The lowest BCUT2D eigenvalue weighted by Gasteiger charge is -2.38. The molecule has 4 rings (SSSR count). The Hall–Kier alpha value is -2.93. The molecule has 0 saturated carbocycles. The normalized spacial score (nSPS) is 20.4. The van der Waals surface area contributed by atoms with E-state index in [0.29, 0.717) is 26.2 Å². The summed E-state index contributed by atoms with van der Waals surface area (Å²) in [5.74, 6) is -0.0192. The third-order valence-electron chi connectivity index (χ3n) is 5.65. The van der Waals surface area contributed by atoms with Gasteiger partial charge in [-0.15, -0.1) is 0 Å². The number of carbonyl (C=O) groups excluding carboxylic acids is 2. The van der Waals surface area contributed by atoms with Gasteiger partial charge in [0.05, 0.1) is 18.2 Å². The second-order valence-electron chi connectivity index (χ2n) is 7.51. The quantitative estimate of drug-likeness (QED) is 0.825. The van der Waals surface area contributed by atoms with Gasteiger partial charge >= 0.3 is 0 Å². The van der Waals surface area contributed by atoms with E-state index in [4.69, 9.17) is 0 Å². The number of anilines is 1. The minimum atomic E-state index is -0.439. The number of piperazine rings is 2. The van der Waals surface area contributed by atoms with Crippen LogP contribution < -0.4 is 10.2 Å². The molecule has 0 spiro atoms. The van der Waals surface area contributed by atoms with Crippen molar-refractivity contribution in [1.82, 2.24) is 20.1 Å². The number of benzene rings is 1. The Labute approximate surface area is 171 Å². The van der Waals surface area contributed by atoms with E-state index in [1.807, 2.05) is 41.3 Å². The molecule has 2 amide bonds. The summed E-state index contributed by atoms with van der Waals surface area (Å²) in [5, 5.41) is 2.90. The Balaban J connectivity index is 1.35. The second kappa shape index (κ2) is 9.05. The average Bonchev–Trinajstić information content (AvgIpc) is 2.77. The van der Waals surface area contributed by atoms with Crippen molar-refractivity contribution in [2.24, 2.45) is 0 Å². The fourth-order valence-corrected chi connectivity index (χ4v) is 4.02. The van der Waals surface area contributed by atoms with Gasteiger partial charge in [-0.1, -0.05) is 24.3 Å². The summed E-state index contributed by atoms with van der Waals surface area (Å²) in [7, 11) is 0. The van der Waals surface area contributed by atoms with Crippen molar-refractivity contribution in [2.45, 2.75) is 19.0 Å². The lowest BCUT2D eigenvalue weighted by atomic mass is 10.1. The van der Waals surface area contributed by atoms with Gasteiger partial charge in [-0.2, -0.15) is 0 Å². The fraction of sp³-hybridized carbons (Fsp3) is 0.409. The number of hydrogen-bond donors (Lipinski definition) is 1. The molecule has 1 N–H and O–H groups in total. The maximum atomic E-state index is 12.9. The van der Waals surface area contributed by atoms with Crippen molar-refractivity contribution < 1.29 is 9.59 Å². The van der Waals surface area contributed by atoms with Gasteiger partial charge in [0.25, 0.3) is 0 Å². The highest BCUT2D eigenvalue weighted by Crippen LogP contribution is 2.18. The molecule has 2 aromatic rings. The molecular formula is C22H27N5O2. The van der Waals surface area contributed by atoms with Gasteiger partial charge < -0.3 is 15.1 Å². The molecule has 2 saturated heterocycles. The first kappa shape index (κ1) is 19.4. The first-order chi connectivity index (χ1) is 14.2. The standard InChI is InChI=1S/C22H27N5O2/c28-21(26-14-12-25(13-15-26)19-7-2-1-3-8-19)16-20-22(29)24-10-11-27(20)17-18-6-4-5-9-23-18/h1-9,20H,10-17H2,(H,24,29). The van der Waals surface area contributed by atoms with Crippen LogP contribution in [0.3, 0.4) is 0 Å². The molecular weight excluding hydrogens is 366 g/mol. The summed E-state index contributed by atoms with van der Waals surface area (Å²) in [4.78, 5) is 36.1. The minimum Gasteiger partial charge on any atom is -0.368 e. The summed E-state index contributed by atoms with van der Waals surface area (Å²) in [6, 6.07) is 15.6. The minimum absolute atomic E-state index is 0.0470. The Morgan fingerprint density at radius 1 is 1.00 bits per heavy atom. The number of para-hydroxylation sites is 1. The molecule has 3 heterocycles. The second-order valence-corrected chi connectivity index (χ2v) is 7.51. The number of aromatic nitrogens is 1. The molecule has 0 aliphatic carbocycles. The average molecular weight is 393 g/mol. The number of carbonyl (C=O) groups is 2. The third-order valence-corrected chi connectivity index (χ3v) is 5.65. The SMILES string of the molecule is O=C1NCCN(Cc2ccccn2)C1CC(=O)N1CCN(c2ccccc2)CC1. The predicted octanol–water partition coefficient (Wildman–Crippen LogP) is 1.12. The third kappa shape index (κ3) is 4.74. The van der Waals surface area contributed by atoms with E-state index in [9.17, 15) is 9.59 Å².